The van der Waals surface area contributed by atoms with Crippen LogP contribution in [0.25, 0.3) is 0 Å². The van der Waals surface area contributed by atoms with Crippen LogP contribution >= 0.6 is 45.2 Å². The molecule has 0 aromatic heterocycles. The van der Waals surface area contributed by atoms with Crippen LogP contribution in [0.15, 0.2) is 23.7 Å². The lowest BCUT2D eigenvalue weighted by atomic mass is 10.1. The number of alkyl halides is 22. The summed E-state index contributed by atoms with van der Waals surface area (Å²) in [5.41, 5.74) is 0. The average Bonchev–Trinajstić information content (AvgIpc) is 2.69. The molecule has 0 unspecified atom stereocenters. The van der Waals surface area contributed by atoms with Gasteiger partial charge in [0, 0.05) is 45.2 Å². The zero-order valence-corrected chi connectivity index (χ0v) is 22.4. The highest BCUT2D eigenvalue weighted by Crippen LogP contribution is 2.58. The van der Waals surface area contributed by atoms with E-state index in [0.717, 1.165) is 0 Å². The van der Waals surface area contributed by atoms with Gasteiger partial charge in [-0.05, 0) is 0 Å². The maximum atomic E-state index is 13.9. The molecule has 0 radical (unpaired) electrons. The quantitative estimate of drug-likeness (QED) is 0.0752. The van der Waals surface area contributed by atoms with E-state index in [1.165, 1.54) is 9.47 Å². The fourth-order valence-corrected chi connectivity index (χ4v) is 1.98. The number of halogens is 26. The van der Waals surface area contributed by atoms with Crippen molar-refractivity contribution in [2.75, 3.05) is 0 Å². The second-order valence-electron chi connectivity index (χ2n) is 6.85. The van der Waals surface area contributed by atoms with Gasteiger partial charge in [0.2, 0.25) is 11.5 Å². The minimum Gasteiger partial charge on any atom is -0.442 e. The lowest BCUT2D eigenvalue weighted by molar-refractivity contribution is -0.474. The zero-order chi connectivity index (χ0) is 35.4. The van der Waals surface area contributed by atoms with Gasteiger partial charge in [-0.25, -0.2) is 9.47 Å². The fraction of sp³-hybridized carbons (Fsp3) is 0.714. The highest BCUT2D eigenvalue weighted by Gasteiger charge is 2.82. The molecule has 0 heterocycles. The molecule has 0 aromatic carbocycles. The third-order valence-corrected chi connectivity index (χ3v) is 5.07. The van der Waals surface area contributed by atoms with Crippen molar-refractivity contribution in [2.45, 2.75) is 56.0 Å². The van der Waals surface area contributed by atoms with E-state index < -0.39 is 125 Å². The molecular formula is C14F24I2O3. The lowest BCUT2D eigenvalue weighted by Gasteiger charge is -2.37. The molecule has 0 aromatic rings. The third-order valence-electron chi connectivity index (χ3n) is 3.81. The van der Waals surface area contributed by atoms with Gasteiger partial charge in [-0.1, -0.05) is 0 Å². The lowest BCUT2D eigenvalue weighted by Crippen LogP contribution is -2.61. The first-order valence-corrected chi connectivity index (χ1v) is 10.8. The largest absolute Gasteiger partial charge is 0.442 e. The molecule has 0 aliphatic heterocycles. The van der Waals surface area contributed by atoms with Crippen LogP contribution in [-0.2, 0) is 14.2 Å². The third kappa shape index (κ3) is 7.86. The van der Waals surface area contributed by atoms with Gasteiger partial charge in [0.15, 0.2) is 0 Å². The normalized spacial score (nSPS) is 15.4. The summed E-state index contributed by atoms with van der Waals surface area (Å²) in [5, 5.41) is 0. The van der Waals surface area contributed by atoms with Gasteiger partial charge < -0.3 is 4.74 Å². The minimum atomic E-state index is -8.26. The Balaban J connectivity index is 7.03. The Morgan fingerprint density at radius 1 is 0.372 bits per heavy atom. The molecule has 0 aliphatic carbocycles. The molecule has 0 amide bonds. The van der Waals surface area contributed by atoms with Crippen LogP contribution in [0.2, 0.25) is 0 Å². The van der Waals surface area contributed by atoms with Gasteiger partial charge >= 0.3 is 68.1 Å². The number of hydrogen-bond donors (Lipinski definition) is 0. The van der Waals surface area contributed by atoms with Crippen molar-refractivity contribution in [3.05, 3.63) is 23.7 Å². The predicted molar refractivity (Wildman–Crippen MR) is 99.2 cm³/mol. The van der Waals surface area contributed by atoms with E-state index >= 15 is 0 Å². The second-order valence-corrected chi connectivity index (χ2v) is 9.56. The summed E-state index contributed by atoms with van der Waals surface area (Å²) in [7, 11) is 0. The molecule has 0 bridgehead atoms. The number of ether oxygens (including phenoxy) is 3. The molecule has 3 nitrogen and oxygen atoms in total. The molecule has 43 heavy (non-hydrogen) atoms. The smallest absolute Gasteiger partial charge is 0.433 e. The molecular weight excluding hydrogens is 926 g/mol. The molecule has 0 fully saturated rings. The molecule has 0 spiro atoms. The molecule has 0 rings (SSSR count). The van der Waals surface area contributed by atoms with Crippen molar-refractivity contribution in [1.82, 2.24) is 0 Å². The van der Waals surface area contributed by atoms with Crippen molar-refractivity contribution in [3.63, 3.8) is 0 Å². The number of allylic oxidation sites excluding steroid dienone is 2. The number of hydrogen-bond acceptors (Lipinski definition) is 3. The Morgan fingerprint density at radius 2 is 0.581 bits per heavy atom. The van der Waals surface area contributed by atoms with Crippen LogP contribution in [0.3, 0.4) is 0 Å². The van der Waals surface area contributed by atoms with E-state index in [0.29, 0.717) is 0 Å². The van der Waals surface area contributed by atoms with E-state index in [1.807, 2.05) is 4.74 Å². The molecule has 0 saturated carbocycles. The summed E-state index contributed by atoms with van der Waals surface area (Å²) in [6.45, 7) is 0. The number of rotatable bonds is 14. The van der Waals surface area contributed by atoms with Crippen LogP contribution in [0.5, 0.6) is 0 Å². The second kappa shape index (κ2) is 12.0. The first-order chi connectivity index (χ1) is 18.3. The predicted octanol–water partition coefficient (Wildman–Crippen LogP) is 10.2. The first-order valence-electron chi connectivity index (χ1n) is 8.64. The van der Waals surface area contributed by atoms with Gasteiger partial charge in [-0.3, -0.25) is 0 Å². The Kier molecular flexibility index (Phi) is 11.7. The summed E-state index contributed by atoms with van der Waals surface area (Å²) < 4.78 is 310. The highest BCUT2D eigenvalue weighted by molar-refractivity contribution is 14.1. The Hall–Kier alpha value is -1.02. The monoisotopic (exact) mass is 926 g/mol. The van der Waals surface area contributed by atoms with Gasteiger partial charge in [0.25, 0.3) is 0 Å². The van der Waals surface area contributed by atoms with Crippen LogP contribution in [0.1, 0.15) is 0 Å². The standard InChI is InChI=1S/C14F24I2O3/c15-3(16)1(5(19,20)7(23,24)11(31,32)42-13(35,36)9(27,28)39)41-2(4(17)18)6(21,22)8(25,26)12(33,34)43-14(37,38)10(29,30)40. The average molecular weight is 926 g/mol. The van der Waals surface area contributed by atoms with Gasteiger partial charge in [0.1, 0.15) is 0 Å². The topological polar surface area (TPSA) is 27.7 Å². The fourth-order valence-electron chi connectivity index (χ4n) is 1.76. The summed E-state index contributed by atoms with van der Waals surface area (Å²) >= 11 is -1.68. The van der Waals surface area contributed by atoms with Gasteiger partial charge in [-0.2, -0.15) is 105 Å². The van der Waals surface area contributed by atoms with Gasteiger partial charge in [0.05, 0.1) is 0 Å². The minimum absolute atomic E-state index is 0.842. The SMILES string of the molecule is FC(F)=C(OC(=C(F)F)C(F)(F)C(F)(F)C(F)(F)OC(F)(F)C(F)(F)I)C(F)(F)C(F)(F)C(F)(F)OC(F)(F)C(F)(F)I. The van der Waals surface area contributed by atoms with Crippen LogP contribution in [0, 0.1) is 0 Å². The van der Waals surface area contributed by atoms with Crippen molar-refractivity contribution in [2.24, 2.45) is 0 Å². The van der Waals surface area contributed by atoms with Crippen molar-refractivity contribution in [3.8, 4) is 0 Å². The molecule has 0 N–H and O–H groups in total. The molecule has 0 atom stereocenters. The van der Waals surface area contributed by atoms with Crippen molar-refractivity contribution in [1.29, 1.82) is 0 Å². The van der Waals surface area contributed by atoms with E-state index in [9.17, 15) is 105 Å². The molecule has 256 valence electrons. The zero-order valence-electron chi connectivity index (χ0n) is 18.1. The molecule has 29 heteroatoms. The van der Waals surface area contributed by atoms with Crippen molar-refractivity contribution < 1.29 is 120 Å². The summed E-state index contributed by atoms with van der Waals surface area (Å²) in [5.74, 6) is -43.0. The molecule has 0 aliphatic rings. The van der Waals surface area contributed by atoms with E-state index in [1.54, 1.807) is 0 Å². The Bertz CT molecular complexity index is 994. The highest BCUT2D eigenvalue weighted by atomic mass is 127. The van der Waals surface area contributed by atoms with Crippen LogP contribution < -0.4 is 0 Å². The van der Waals surface area contributed by atoms with E-state index in [4.69, 9.17) is 0 Å². The van der Waals surface area contributed by atoms with E-state index in [-0.39, 0.29) is 0 Å². The van der Waals surface area contributed by atoms with E-state index in [2.05, 4.69) is 0 Å². The maximum absolute atomic E-state index is 13.9. The van der Waals surface area contributed by atoms with Crippen LogP contribution in [0.4, 0.5) is 105 Å². The summed E-state index contributed by atoms with van der Waals surface area (Å²) in [6, 6.07) is 0. The summed E-state index contributed by atoms with van der Waals surface area (Å²) in [4.78, 5) is 0. The molecule has 0 saturated heterocycles. The van der Waals surface area contributed by atoms with Crippen molar-refractivity contribution >= 4 is 45.2 Å². The maximum Gasteiger partial charge on any atom is 0.433 e. The van der Waals surface area contributed by atoms with Crippen LogP contribution in [-0.4, -0.2) is 56.0 Å². The Morgan fingerprint density at radius 3 is 0.744 bits per heavy atom. The summed E-state index contributed by atoms with van der Waals surface area (Å²) in [6.07, 6.45) is -39.8. The first kappa shape index (κ1) is 42.0. The Labute approximate surface area is 244 Å². The van der Waals surface area contributed by atoms with Gasteiger partial charge in [-0.15, -0.1) is 0 Å².